The Morgan fingerprint density at radius 1 is 1.30 bits per heavy atom. The molecular formula is C9H15Cl. The minimum atomic E-state index is -0.358. The Labute approximate surface area is 69.0 Å². The number of rotatable bonds is 4. The van der Waals surface area contributed by atoms with Crippen LogP contribution in [0, 0.1) is 12.3 Å². The van der Waals surface area contributed by atoms with Gasteiger partial charge >= 0.3 is 0 Å². The Morgan fingerprint density at radius 2 is 1.70 bits per heavy atom. The average molecular weight is 159 g/mol. The Morgan fingerprint density at radius 3 is 1.90 bits per heavy atom. The second-order valence-corrected chi connectivity index (χ2v) is 3.33. The normalized spacial score (nSPS) is 11.0. The minimum Gasteiger partial charge on any atom is -0.118 e. The highest BCUT2D eigenvalue weighted by molar-refractivity contribution is 6.25. The molecule has 0 aromatic rings. The van der Waals surface area contributed by atoms with Crippen LogP contribution in [0.4, 0.5) is 0 Å². The van der Waals surface area contributed by atoms with E-state index in [4.69, 9.17) is 18.0 Å². The summed E-state index contributed by atoms with van der Waals surface area (Å²) in [7, 11) is 0. The monoisotopic (exact) mass is 158 g/mol. The highest BCUT2D eigenvalue weighted by atomic mass is 35.5. The Bertz CT molecular complexity index is 115. The lowest BCUT2D eigenvalue weighted by molar-refractivity contribution is 0.580. The summed E-state index contributed by atoms with van der Waals surface area (Å²) in [6.07, 6.45) is 9.28. The molecule has 0 radical (unpaired) electrons. The second kappa shape index (κ2) is 4.63. The molecule has 58 valence electrons. The number of halogens is 1. The zero-order chi connectivity index (χ0) is 8.04. The molecule has 0 saturated carbocycles. The van der Waals surface area contributed by atoms with E-state index in [0.717, 1.165) is 25.7 Å². The zero-order valence-electron chi connectivity index (χ0n) is 6.78. The SMILES string of the molecule is C#CC(Cl)(CCC)CCC. The van der Waals surface area contributed by atoms with E-state index in [1.54, 1.807) is 0 Å². The molecule has 0 heterocycles. The summed E-state index contributed by atoms with van der Waals surface area (Å²) in [5.74, 6) is 2.65. The number of hydrogen-bond donors (Lipinski definition) is 0. The molecule has 10 heavy (non-hydrogen) atoms. The van der Waals surface area contributed by atoms with Gasteiger partial charge in [-0.25, -0.2) is 0 Å². The van der Waals surface area contributed by atoms with E-state index in [1.165, 1.54) is 0 Å². The molecular weight excluding hydrogens is 144 g/mol. The van der Waals surface area contributed by atoms with E-state index in [2.05, 4.69) is 19.8 Å². The van der Waals surface area contributed by atoms with Crippen molar-refractivity contribution in [2.75, 3.05) is 0 Å². The van der Waals surface area contributed by atoms with Crippen LogP contribution in [0.15, 0.2) is 0 Å². The molecule has 0 aromatic carbocycles. The van der Waals surface area contributed by atoms with Crippen molar-refractivity contribution in [3.63, 3.8) is 0 Å². The largest absolute Gasteiger partial charge is 0.118 e. The molecule has 0 spiro atoms. The van der Waals surface area contributed by atoms with Crippen molar-refractivity contribution in [2.24, 2.45) is 0 Å². The smallest absolute Gasteiger partial charge is 0.105 e. The van der Waals surface area contributed by atoms with Crippen LogP contribution in [-0.4, -0.2) is 4.87 Å². The molecule has 0 aliphatic heterocycles. The van der Waals surface area contributed by atoms with Crippen molar-refractivity contribution in [2.45, 2.75) is 44.4 Å². The fourth-order valence-corrected chi connectivity index (χ4v) is 1.44. The Balaban J connectivity index is 3.85. The van der Waals surface area contributed by atoms with Gasteiger partial charge in [0.2, 0.25) is 0 Å². The predicted octanol–water partition coefficient (Wildman–Crippen LogP) is 3.20. The van der Waals surface area contributed by atoms with Gasteiger partial charge in [0.25, 0.3) is 0 Å². The fourth-order valence-electron chi connectivity index (χ4n) is 1.06. The predicted molar refractivity (Wildman–Crippen MR) is 47.2 cm³/mol. The van der Waals surface area contributed by atoms with E-state index in [1.807, 2.05) is 0 Å². The van der Waals surface area contributed by atoms with Crippen LogP contribution in [0.5, 0.6) is 0 Å². The molecule has 0 amide bonds. The van der Waals surface area contributed by atoms with Crippen molar-refractivity contribution in [1.29, 1.82) is 0 Å². The molecule has 0 saturated heterocycles. The van der Waals surface area contributed by atoms with Crippen molar-refractivity contribution < 1.29 is 0 Å². The van der Waals surface area contributed by atoms with Gasteiger partial charge in [-0.3, -0.25) is 0 Å². The zero-order valence-corrected chi connectivity index (χ0v) is 7.54. The lowest BCUT2D eigenvalue weighted by atomic mass is 9.98. The van der Waals surface area contributed by atoms with Crippen molar-refractivity contribution in [1.82, 2.24) is 0 Å². The van der Waals surface area contributed by atoms with Gasteiger partial charge in [-0.2, -0.15) is 0 Å². The van der Waals surface area contributed by atoms with Gasteiger partial charge in [0.05, 0.1) is 0 Å². The first-order valence-electron chi connectivity index (χ1n) is 3.85. The first kappa shape index (κ1) is 9.85. The fraction of sp³-hybridized carbons (Fsp3) is 0.778. The lowest BCUT2D eigenvalue weighted by Gasteiger charge is -2.18. The van der Waals surface area contributed by atoms with Gasteiger partial charge in [-0.05, 0) is 12.8 Å². The number of alkyl halides is 1. The topological polar surface area (TPSA) is 0 Å². The van der Waals surface area contributed by atoms with Gasteiger partial charge in [0.1, 0.15) is 4.87 Å². The van der Waals surface area contributed by atoms with E-state index in [-0.39, 0.29) is 4.87 Å². The molecule has 0 aliphatic carbocycles. The van der Waals surface area contributed by atoms with E-state index in [9.17, 15) is 0 Å². The highest BCUT2D eigenvalue weighted by Crippen LogP contribution is 2.26. The van der Waals surface area contributed by atoms with Crippen LogP contribution >= 0.6 is 11.6 Å². The van der Waals surface area contributed by atoms with Crippen LogP contribution in [0.25, 0.3) is 0 Å². The highest BCUT2D eigenvalue weighted by Gasteiger charge is 2.21. The third-order valence-electron chi connectivity index (χ3n) is 1.55. The third kappa shape index (κ3) is 3.13. The van der Waals surface area contributed by atoms with Crippen LogP contribution in [0.2, 0.25) is 0 Å². The third-order valence-corrected chi connectivity index (χ3v) is 2.04. The molecule has 0 unspecified atom stereocenters. The van der Waals surface area contributed by atoms with E-state index in [0.29, 0.717) is 0 Å². The van der Waals surface area contributed by atoms with E-state index >= 15 is 0 Å². The average Bonchev–Trinajstić information content (AvgIpc) is 1.89. The summed E-state index contributed by atoms with van der Waals surface area (Å²) in [5, 5.41) is 0. The summed E-state index contributed by atoms with van der Waals surface area (Å²) < 4.78 is 0. The van der Waals surface area contributed by atoms with Gasteiger partial charge < -0.3 is 0 Å². The molecule has 0 atom stereocenters. The molecule has 1 heteroatoms. The Hall–Kier alpha value is -0.150. The van der Waals surface area contributed by atoms with Crippen LogP contribution < -0.4 is 0 Å². The second-order valence-electron chi connectivity index (χ2n) is 2.61. The summed E-state index contributed by atoms with van der Waals surface area (Å²) in [6, 6.07) is 0. The standard InChI is InChI=1S/C9H15Cl/c1-4-7-9(10,6-3)8-5-2/h3H,4-5,7-8H2,1-2H3. The van der Waals surface area contributed by atoms with Crippen LogP contribution in [0.3, 0.4) is 0 Å². The molecule has 0 aromatic heterocycles. The van der Waals surface area contributed by atoms with Gasteiger partial charge in [-0.1, -0.05) is 32.6 Å². The first-order chi connectivity index (χ1) is 4.68. The van der Waals surface area contributed by atoms with Crippen molar-refractivity contribution >= 4 is 11.6 Å². The maximum Gasteiger partial charge on any atom is 0.105 e. The first-order valence-corrected chi connectivity index (χ1v) is 4.23. The molecule has 0 N–H and O–H groups in total. The number of terminal acetylenes is 1. The minimum absolute atomic E-state index is 0.358. The lowest BCUT2D eigenvalue weighted by Crippen LogP contribution is -2.17. The maximum absolute atomic E-state index is 6.09. The summed E-state index contributed by atoms with van der Waals surface area (Å²) in [6.45, 7) is 4.20. The summed E-state index contributed by atoms with van der Waals surface area (Å²) in [4.78, 5) is -0.358. The van der Waals surface area contributed by atoms with Crippen molar-refractivity contribution in [3.8, 4) is 12.3 Å². The van der Waals surface area contributed by atoms with Gasteiger partial charge in [0, 0.05) is 0 Å². The van der Waals surface area contributed by atoms with Crippen molar-refractivity contribution in [3.05, 3.63) is 0 Å². The quantitative estimate of drug-likeness (QED) is 0.436. The molecule has 0 nitrogen and oxygen atoms in total. The van der Waals surface area contributed by atoms with Gasteiger partial charge in [0.15, 0.2) is 0 Å². The number of hydrogen-bond acceptors (Lipinski definition) is 0. The molecule has 0 fully saturated rings. The summed E-state index contributed by atoms with van der Waals surface area (Å²) >= 11 is 6.09. The van der Waals surface area contributed by atoms with E-state index < -0.39 is 0 Å². The molecule has 0 rings (SSSR count). The molecule has 0 bridgehead atoms. The molecule has 0 aliphatic rings. The van der Waals surface area contributed by atoms with Gasteiger partial charge in [-0.15, -0.1) is 18.0 Å². The maximum atomic E-state index is 6.09. The summed E-state index contributed by atoms with van der Waals surface area (Å²) in [5.41, 5.74) is 0. The van der Waals surface area contributed by atoms with Crippen LogP contribution in [0.1, 0.15) is 39.5 Å². The Kier molecular flexibility index (Phi) is 4.56. The van der Waals surface area contributed by atoms with Crippen LogP contribution in [-0.2, 0) is 0 Å².